The lowest BCUT2D eigenvalue weighted by Crippen LogP contribution is -1.93. The van der Waals surface area contributed by atoms with E-state index < -0.39 is 0 Å². The number of hydrogen-bond acceptors (Lipinski definition) is 0. The molecule has 2 rings (SSSR count). The summed E-state index contributed by atoms with van der Waals surface area (Å²) >= 11 is 0. The summed E-state index contributed by atoms with van der Waals surface area (Å²) in [5.41, 5.74) is 2.65. The highest BCUT2D eigenvalue weighted by atomic mass is 19.1. The van der Waals surface area contributed by atoms with Crippen molar-refractivity contribution in [2.45, 2.75) is 40.5 Å². The van der Waals surface area contributed by atoms with Crippen LogP contribution >= 0.6 is 0 Å². The topological polar surface area (TPSA) is 0 Å². The lowest BCUT2D eigenvalue weighted by molar-refractivity contribution is 0.620. The van der Waals surface area contributed by atoms with Gasteiger partial charge in [0.05, 0.1) is 0 Å². The molecule has 2 aromatic rings. The summed E-state index contributed by atoms with van der Waals surface area (Å²) in [5.74, 6) is 1.25. The van der Waals surface area contributed by atoms with Crippen molar-refractivity contribution >= 4 is 0 Å². The summed E-state index contributed by atoms with van der Waals surface area (Å²) in [4.78, 5) is 0. The van der Waals surface area contributed by atoms with Crippen molar-refractivity contribution in [3.05, 3.63) is 71.5 Å². The molecule has 0 N–H and O–H groups in total. The van der Waals surface area contributed by atoms with Gasteiger partial charge in [-0.05, 0) is 47.9 Å². The van der Waals surface area contributed by atoms with Crippen molar-refractivity contribution in [2.75, 3.05) is 0 Å². The molecule has 2 aromatic carbocycles. The molecule has 0 fully saturated rings. The minimum Gasteiger partial charge on any atom is -0.207 e. The van der Waals surface area contributed by atoms with Crippen molar-refractivity contribution in [3.63, 3.8) is 0 Å². The highest BCUT2D eigenvalue weighted by molar-refractivity contribution is 5.16. The maximum absolute atomic E-state index is 12.4. The van der Waals surface area contributed by atoms with Crippen molar-refractivity contribution in [1.29, 1.82) is 0 Å². The van der Waals surface area contributed by atoms with Crippen LogP contribution in [-0.2, 0) is 12.8 Å². The van der Waals surface area contributed by atoms with E-state index in [4.69, 9.17) is 0 Å². The second kappa shape index (κ2) is 9.33. The van der Waals surface area contributed by atoms with Crippen molar-refractivity contribution in [2.24, 2.45) is 11.8 Å². The fourth-order valence-corrected chi connectivity index (χ4v) is 2.18. The largest absolute Gasteiger partial charge is 0.207 e. The SMILES string of the molecule is CC(C)Cc1ccc(F)cc1.CC(C)Cc1ccccc1. The van der Waals surface area contributed by atoms with Crippen LogP contribution in [0.15, 0.2) is 54.6 Å². The highest BCUT2D eigenvalue weighted by Crippen LogP contribution is 2.08. The molecule has 0 aliphatic rings. The van der Waals surface area contributed by atoms with Crippen LogP contribution in [0.25, 0.3) is 0 Å². The summed E-state index contributed by atoms with van der Waals surface area (Å²) in [7, 11) is 0. The fraction of sp³-hybridized carbons (Fsp3) is 0.400. The smallest absolute Gasteiger partial charge is 0.123 e. The molecule has 114 valence electrons. The van der Waals surface area contributed by atoms with E-state index in [1.165, 1.54) is 29.7 Å². The van der Waals surface area contributed by atoms with Gasteiger partial charge in [-0.15, -0.1) is 0 Å². The van der Waals surface area contributed by atoms with Gasteiger partial charge in [-0.3, -0.25) is 0 Å². The average molecular weight is 286 g/mol. The van der Waals surface area contributed by atoms with Gasteiger partial charge in [0.15, 0.2) is 0 Å². The van der Waals surface area contributed by atoms with E-state index in [9.17, 15) is 4.39 Å². The average Bonchev–Trinajstić information content (AvgIpc) is 2.42. The van der Waals surface area contributed by atoms with E-state index in [1.807, 2.05) is 12.1 Å². The Morgan fingerprint density at radius 1 is 0.667 bits per heavy atom. The van der Waals surface area contributed by atoms with Gasteiger partial charge < -0.3 is 0 Å². The zero-order valence-electron chi connectivity index (χ0n) is 13.6. The monoisotopic (exact) mass is 286 g/mol. The third-order valence-electron chi connectivity index (χ3n) is 3.04. The molecule has 0 aliphatic heterocycles. The lowest BCUT2D eigenvalue weighted by Gasteiger charge is -2.03. The van der Waals surface area contributed by atoms with Crippen LogP contribution in [0, 0.1) is 17.7 Å². The Morgan fingerprint density at radius 2 is 1.10 bits per heavy atom. The molecule has 0 saturated carbocycles. The second-order valence-corrected chi connectivity index (χ2v) is 6.31. The van der Waals surface area contributed by atoms with Crippen LogP contribution in [0.2, 0.25) is 0 Å². The predicted octanol–water partition coefficient (Wildman–Crippen LogP) is 5.91. The molecule has 0 heterocycles. The van der Waals surface area contributed by atoms with Crippen LogP contribution in [0.1, 0.15) is 38.8 Å². The van der Waals surface area contributed by atoms with Crippen molar-refractivity contribution < 1.29 is 4.39 Å². The predicted molar refractivity (Wildman–Crippen MR) is 89.9 cm³/mol. The maximum Gasteiger partial charge on any atom is 0.123 e. The third-order valence-corrected chi connectivity index (χ3v) is 3.04. The summed E-state index contributed by atoms with van der Waals surface area (Å²) < 4.78 is 12.4. The van der Waals surface area contributed by atoms with Crippen LogP contribution < -0.4 is 0 Å². The molecular weight excluding hydrogens is 259 g/mol. The standard InChI is InChI=1S/C10H13F.C10H14/c1-8(2)7-9-3-5-10(11)6-4-9;1-9(2)8-10-6-4-3-5-7-10/h3-6,8H,7H2,1-2H3;3-7,9H,8H2,1-2H3. The van der Waals surface area contributed by atoms with Crippen LogP contribution in [0.3, 0.4) is 0 Å². The van der Waals surface area contributed by atoms with Gasteiger partial charge >= 0.3 is 0 Å². The minimum absolute atomic E-state index is 0.155. The Balaban J connectivity index is 0.000000211. The molecule has 0 spiro atoms. The van der Waals surface area contributed by atoms with Crippen LogP contribution in [-0.4, -0.2) is 0 Å². The Morgan fingerprint density at radius 3 is 1.52 bits per heavy atom. The highest BCUT2D eigenvalue weighted by Gasteiger charge is 1.96. The van der Waals surface area contributed by atoms with Crippen molar-refractivity contribution in [3.8, 4) is 0 Å². The maximum atomic E-state index is 12.4. The Labute approximate surface area is 129 Å². The molecule has 0 aromatic heterocycles. The molecule has 0 saturated heterocycles. The minimum atomic E-state index is -0.155. The van der Waals surface area contributed by atoms with Gasteiger partial charge in [-0.2, -0.15) is 0 Å². The molecule has 0 radical (unpaired) electrons. The lowest BCUT2D eigenvalue weighted by atomic mass is 10.0. The van der Waals surface area contributed by atoms with Gasteiger partial charge in [-0.25, -0.2) is 4.39 Å². The molecule has 21 heavy (non-hydrogen) atoms. The molecule has 0 atom stereocenters. The van der Waals surface area contributed by atoms with E-state index in [2.05, 4.69) is 58.0 Å². The van der Waals surface area contributed by atoms with E-state index in [0.29, 0.717) is 5.92 Å². The van der Waals surface area contributed by atoms with Crippen LogP contribution in [0.4, 0.5) is 4.39 Å². The van der Waals surface area contributed by atoms with Gasteiger partial charge in [-0.1, -0.05) is 70.2 Å². The second-order valence-electron chi connectivity index (χ2n) is 6.31. The summed E-state index contributed by atoms with van der Waals surface area (Å²) in [6, 6.07) is 17.3. The quantitative estimate of drug-likeness (QED) is 0.655. The number of hydrogen-bond donors (Lipinski definition) is 0. The zero-order chi connectivity index (χ0) is 15.7. The van der Waals surface area contributed by atoms with E-state index >= 15 is 0 Å². The first-order valence-corrected chi connectivity index (χ1v) is 7.75. The van der Waals surface area contributed by atoms with E-state index in [0.717, 1.165) is 12.3 Å². The number of rotatable bonds is 4. The first-order valence-electron chi connectivity index (χ1n) is 7.75. The van der Waals surface area contributed by atoms with E-state index in [-0.39, 0.29) is 5.82 Å². The Hall–Kier alpha value is -1.63. The molecule has 0 nitrogen and oxygen atoms in total. The third kappa shape index (κ3) is 8.29. The molecule has 1 heteroatoms. The molecule has 0 unspecified atom stereocenters. The Bertz CT molecular complexity index is 483. The Kier molecular flexibility index (Phi) is 7.74. The van der Waals surface area contributed by atoms with Crippen LogP contribution in [0.5, 0.6) is 0 Å². The van der Waals surface area contributed by atoms with E-state index in [1.54, 1.807) is 0 Å². The van der Waals surface area contributed by atoms with Gasteiger partial charge in [0.1, 0.15) is 5.82 Å². The first kappa shape index (κ1) is 17.4. The fourth-order valence-electron chi connectivity index (χ4n) is 2.18. The molecule has 0 aliphatic carbocycles. The number of halogens is 1. The summed E-state index contributed by atoms with van der Waals surface area (Å²) in [6.45, 7) is 8.80. The van der Waals surface area contributed by atoms with Gasteiger partial charge in [0.2, 0.25) is 0 Å². The molecular formula is C20H27F. The first-order chi connectivity index (χ1) is 9.97. The molecule has 0 amide bonds. The summed E-state index contributed by atoms with van der Waals surface area (Å²) in [6.07, 6.45) is 2.22. The van der Waals surface area contributed by atoms with Gasteiger partial charge in [0.25, 0.3) is 0 Å². The summed E-state index contributed by atoms with van der Waals surface area (Å²) in [5, 5.41) is 0. The molecule has 0 bridgehead atoms. The zero-order valence-corrected chi connectivity index (χ0v) is 13.6. The van der Waals surface area contributed by atoms with Gasteiger partial charge in [0, 0.05) is 0 Å². The number of benzene rings is 2. The normalized spacial score (nSPS) is 10.4. The van der Waals surface area contributed by atoms with Crippen molar-refractivity contribution in [1.82, 2.24) is 0 Å².